The number of nitrogens with zero attached hydrogens (tertiary/aromatic N) is 3. The van der Waals surface area contributed by atoms with E-state index in [-0.39, 0.29) is 22.5 Å². The standard InChI is InChI=1S/C21H14ClF2N3O2/c1-11-7-14(22)8-12(2)21(11)27-10-13(3-6-18(27)28)19-20(26-29-25-19)16-5-4-15(23)9-17(16)24/h3-10H,1-2H3. The summed E-state index contributed by atoms with van der Waals surface area (Å²) in [6.07, 6.45) is 1.58. The molecular weight excluding hydrogens is 400 g/mol. The Bertz CT molecular complexity index is 1270. The zero-order chi connectivity index (χ0) is 20.7. The van der Waals surface area contributed by atoms with Crippen molar-refractivity contribution >= 4 is 11.6 Å². The summed E-state index contributed by atoms with van der Waals surface area (Å²) in [6.45, 7) is 3.70. The van der Waals surface area contributed by atoms with Crippen LogP contribution in [0.15, 0.2) is 58.1 Å². The third-order valence-electron chi connectivity index (χ3n) is 4.56. The van der Waals surface area contributed by atoms with Crippen LogP contribution < -0.4 is 5.56 Å². The minimum atomic E-state index is -0.792. The van der Waals surface area contributed by atoms with Crippen molar-refractivity contribution in [3.63, 3.8) is 0 Å². The third-order valence-corrected chi connectivity index (χ3v) is 4.77. The number of rotatable bonds is 3. The topological polar surface area (TPSA) is 60.9 Å². The summed E-state index contributed by atoms with van der Waals surface area (Å²) in [5.74, 6) is -1.49. The molecule has 146 valence electrons. The van der Waals surface area contributed by atoms with Crippen molar-refractivity contribution in [3.05, 3.63) is 86.8 Å². The van der Waals surface area contributed by atoms with Crippen molar-refractivity contribution in [2.24, 2.45) is 0 Å². The van der Waals surface area contributed by atoms with Gasteiger partial charge >= 0.3 is 0 Å². The molecule has 0 aliphatic rings. The molecule has 2 aromatic heterocycles. The molecule has 5 nitrogen and oxygen atoms in total. The van der Waals surface area contributed by atoms with Gasteiger partial charge < -0.3 is 0 Å². The molecule has 0 amide bonds. The van der Waals surface area contributed by atoms with Gasteiger partial charge in [0.15, 0.2) is 0 Å². The Morgan fingerprint density at radius 3 is 2.34 bits per heavy atom. The molecular formula is C21H14ClF2N3O2. The summed E-state index contributed by atoms with van der Waals surface area (Å²) in [5.41, 5.74) is 2.93. The summed E-state index contributed by atoms with van der Waals surface area (Å²) in [5, 5.41) is 8.21. The highest BCUT2D eigenvalue weighted by atomic mass is 35.5. The zero-order valence-corrected chi connectivity index (χ0v) is 16.2. The Morgan fingerprint density at radius 1 is 0.966 bits per heavy atom. The van der Waals surface area contributed by atoms with Gasteiger partial charge in [-0.1, -0.05) is 11.6 Å². The first-order chi connectivity index (χ1) is 13.8. The lowest BCUT2D eigenvalue weighted by molar-refractivity contribution is 0.309. The van der Waals surface area contributed by atoms with E-state index in [1.165, 1.54) is 16.7 Å². The lowest BCUT2D eigenvalue weighted by Crippen LogP contribution is -2.18. The Morgan fingerprint density at radius 2 is 1.66 bits per heavy atom. The van der Waals surface area contributed by atoms with Gasteiger partial charge in [0.1, 0.15) is 23.0 Å². The molecule has 8 heteroatoms. The molecule has 0 aliphatic carbocycles. The molecule has 0 atom stereocenters. The first kappa shape index (κ1) is 19.0. The van der Waals surface area contributed by atoms with Crippen molar-refractivity contribution in [2.45, 2.75) is 13.8 Å². The van der Waals surface area contributed by atoms with Gasteiger partial charge in [-0.15, -0.1) is 0 Å². The highest BCUT2D eigenvalue weighted by molar-refractivity contribution is 6.30. The van der Waals surface area contributed by atoms with E-state index in [2.05, 4.69) is 10.3 Å². The maximum Gasteiger partial charge on any atom is 0.255 e. The van der Waals surface area contributed by atoms with Crippen molar-refractivity contribution in [2.75, 3.05) is 0 Å². The van der Waals surface area contributed by atoms with E-state index in [1.54, 1.807) is 24.4 Å². The van der Waals surface area contributed by atoms with E-state index in [4.69, 9.17) is 16.2 Å². The van der Waals surface area contributed by atoms with E-state index in [0.717, 1.165) is 23.3 Å². The van der Waals surface area contributed by atoms with Gasteiger partial charge in [-0.3, -0.25) is 9.36 Å². The summed E-state index contributed by atoms with van der Waals surface area (Å²) in [4.78, 5) is 12.5. The van der Waals surface area contributed by atoms with Crippen LogP contribution in [0.4, 0.5) is 8.78 Å². The van der Waals surface area contributed by atoms with Crippen molar-refractivity contribution < 1.29 is 13.4 Å². The fourth-order valence-corrected chi connectivity index (χ4v) is 3.65. The predicted octanol–water partition coefficient (Wildman–Crippen LogP) is 5.10. The third kappa shape index (κ3) is 3.45. The number of pyridine rings is 1. The lowest BCUT2D eigenvalue weighted by atomic mass is 10.0. The number of aryl methyl sites for hydroxylation is 2. The SMILES string of the molecule is Cc1cc(Cl)cc(C)c1-n1cc(-c2nonc2-c2ccc(F)cc2F)ccc1=O. The van der Waals surface area contributed by atoms with E-state index in [9.17, 15) is 13.6 Å². The van der Waals surface area contributed by atoms with Crippen LogP contribution >= 0.6 is 11.6 Å². The number of hydrogen-bond acceptors (Lipinski definition) is 4. The molecule has 0 unspecified atom stereocenters. The monoisotopic (exact) mass is 413 g/mol. The van der Waals surface area contributed by atoms with Crippen LogP contribution in [0.1, 0.15) is 11.1 Å². The lowest BCUT2D eigenvalue weighted by Gasteiger charge is -2.14. The van der Waals surface area contributed by atoms with Crippen molar-refractivity contribution in [1.82, 2.24) is 14.9 Å². The summed E-state index contributed by atoms with van der Waals surface area (Å²) < 4.78 is 33.8. The second kappa shape index (κ2) is 7.25. The van der Waals surface area contributed by atoms with Crippen LogP contribution in [0, 0.1) is 25.5 Å². The summed E-state index contributed by atoms with van der Waals surface area (Å²) in [7, 11) is 0. The average molecular weight is 414 g/mol. The summed E-state index contributed by atoms with van der Waals surface area (Å²) >= 11 is 6.10. The number of benzene rings is 2. The molecule has 0 N–H and O–H groups in total. The highest BCUT2D eigenvalue weighted by Gasteiger charge is 2.19. The Labute approximate surface area is 169 Å². The van der Waals surface area contributed by atoms with Crippen molar-refractivity contribution in [1.29, 1.82) is 0 Å². The molecule has 0 radical (unpaired) electrons. The van der Waals surface area contributed by atoms with Crippen LogP contribution in [0.25, 0.3) is 28.2 Å². The molecule has 2 aromatic carbocycles. The van der Waals surface area contributed by atoms with Crippen LogP contribution in [0.3, 0.4) is 0 Å². The van der Waals surface area contributed by atoms with Crippen LogP contribution in [-0.2, 0) is 0 Å². The Hall–Kier alpha value is -3.32. The minimum absolute atomic E-state index is 0.0410. The number of aromatic nitrogens is 3. The van der Waals surface area contributed by atoms with Gasteiger partial charge in [-0.05, 0) is 65.6 Å². The molecule has 29 heavy (non-hydrogen) atoms. The normalized spacial score (nSPS) is 11.1. The van der Waals surface area contributed by atoms with Crippen molar-refractivity contribution in [3.8, 4) is 28.2 Å². The van der Waals surface area contributed by atoms with E-state index in [1.807, 2.05) is 13.8 Å². The minimum Gasteiger partial charge on any atom is -0.283 e. The molecule has 0 saturated heterocycles. The van der Waals surface area contributed by atoms with Gasteiger partial charge in [0.05, 0.1) is 5.69 Å². The van der Waals surface area contributed by atoms with Crippen LogP contribution in [-0.4, -0.2) is 14.9 Å². The Balaban J connectivity index is 1.89. The second-order valence-electron chi connectivity index (χ2n) is 6.60. The highest BCUT2D eigenvalue weighted by Crippen LogP contribution is 2.31. The van der Waals surface area contributed by atoms with E-state index in [0.29, 0.717) is 16.3 Å². The molecule has 0 fully saturated rings. The Kier molecular flexibility index (Phi) is 4.76. The van der Waals surface area contributed by atoms with Gasteiger partial charge in [-0.2, -0.15) is 0 Å². The molecule has 4 rings (SSSR count). The van der Waals surface area contributed by atoms with Gasteiger partial charge in [0, 0.05) is 34.5 Å². The van der Waals surface area contributed by atoms with Crippen LogP contribution in [0.2, 0.25) is 5.02 Å². The van der Waals surface area contributed by atoms with Gasteiger partial charge in [-0.25, -0.2) is 13.4 Å². The quantitative estimate of drug-likeness (QED) is 0.468. The zero-order valence-electron chi connectivity index (χ0n) is 15.4. The first-order valence-electron chi connectivity index (χ1n) is 8.63. The predicted molar refractivity (Wildman–Crippen MR) is 105 cm³/mol. The molecule has 2 heterocycles. The molecule has 0 spiro atoms. The maximum absolute atomic E-state index is 14.2. The molecule has 0 aliphatic heterocycles. The maximum atomic E-state index is 14.2. The number of hydrogen-bond donors (Lipinski definition) is 0. The summed E-state index contributed by atoms with van der Waals surface area (Å²) in [6, 6.07) is 9.59. The molecule has 0 bridgehead atoms. The fraction of sp³-hybridized carbons (Fsp3) is 0.0952. The largest absolute Gasteiger partial charge is 0.283 e. The van der Waals surface area contributed by atoms with Gasteiger partial charge in [0.2, 0.25) is 0 Å². The van der Waals surface area contributed by atoms with E-state index < -0.39 is 11.6 Å². The molecule has 4 aromatic rings. The average Bonchev–Trinajstić information content (AvgIpc) is 3.12. The molecule has 0 saturated carbocycles. The van der Waals surface area contributed by atoms with E-state index >= 15 is 0 Å². The van der Waals surface area contributed by atoms with Gasteiger partial charge in [0.25, 0.3) is 5.56 Å². The van der Waals surface area contributed by atoms with Crippen LogP contribution in [0.5, 0.6) is 0 Å². The first-order valence-corrected chi connectivity index (χ1v) is 9.01. The second-order valence-corrected chi connectivity index (χ2v) is 7.04. The smallest absolute Gasteiger partial charge is 0.255 e. The fourth-order valence-electron chi connectivity index (χ4n) is 3.32. The number of halogens is 3.